The zero-order valence-corrected chi connectivity index (χ0v) is 17.5. The Morgan fingerprint density at radius 2 is 1.87 bits per heavy atom. The van der Waals surface area contributed by atoms with Crippen LogP contribution in [-0.2, 0) is 4.74 Å². The summed E-state index contributed by atoms with van der Waals surface area (Å²) in [5, 5.41) is 3.05. The number of likely N-dealkylation sites (N-methyl/N-ethyl adjacent to an activating group) is 1. The Labute approximate surface area is 179 Å². The van der Waals surface area contributed by atoms with Gasteiger partial charge in [-0.25, -0.2) is 4.98 Å². The van der Waals surface area contributed by atoms with Crippen LogP contribution in [0.2, 0.25) is 0 Å². The third kappa shape index (κ3) is 5.40. The predicted octanol–water partition coefficient (Wildman–Crippen LogP) is 2.91. The number of carbonyl (C=O) groups excluding carboxylic acids is 2. The molecule has 3 N–H and O–H groups in total. The molecule has 3 rings (SSSR count). The first-order valence-electron chi connectivity index (χ1n) is 9.48. The number of aromatic nitrogens is 1. The summed E-state index contributed by atoms with van der Waals surface area (Å²) in [6, 6.07) is 12.0. The summed E-state index contributed by atoms with van der Waals surface area (Å²) in [7, 11) is 4.82. The molecule has 0 unspecified atom stereocenters. The van der Waals surface area contributed by atoms with E-state index >= 15 is 0 Å². The molecule has 1 heterocycles. The molecule has 9 nitrogen and oxygen atoms in total. The normalized spacial score (nSPS) is 10.5. The summed E-state index contributed by atoms with van der Waals surface area (Å²) in [4.78, 5) is 29.7. The molecule has 0 aliphatic heterocycles. The molecular formula is C22H24N4O5. The van der Waals surface area contributed by atoms with E-state index in [-0.39, 0.29) is 11.9 Å². The van der Waals surface area contributed by atoms with Crippen molar-refractivity contribution in [2.75, 3.05) is 39.7 Å². The van der Waals surface area contributed by atoms with Gasteiger partial charge in [0.05, 0.1) is 19.9 Å². The molecule has 0 fully saturated rings. The molecule has 0 saturated heterocycles. The number of methoxy groups -OCH3 is 2. The van der Waals surface area contributed by atoms with Gasteiger partial charge in [0.15, 0.2) is 5.76 Å². The van der Waals surface area contributed by atoms with Crippen molar-refractivity contribution in [3.05, 3.63) is 59.8 Å². The first-order valence-corrected chi connectivity index (χ1v) is 9.48. The Bertz CT molecular complexity index is 1060. The number of rotatable bonds is 9. The van der Waals surface area contributed by atoms with Crippen LogP contribution in [0.1, 0.15) is 20.7 Å². The number of carbonyl (C=O) groups is 2. The molecule has 0 atom stereocenters. The van der Waals surface area contributed by atoms with Gasteiger partial charge in [-0.2, -0.15) is 0 Å². The highest BCUT2D eigenvalue weighted by molar-refractivity contribution is 5.95. The van der Waals surface area contributed by atoms with Gasteiger partial charge in [0.2, 0.25) is 5.91 Å². The second-order valence-corrected chi connectivity index (χ2v) is 6.77. The third-order valence-corrected chi connectivity index (χ3v) is 4.58. The number of hydrogen-bond acceptors (Lipinski definition) is 7. The zero-order valence-electron chi connectivity index (χ0n) is 17.5. The maximum absolute atomic E-state index is 12.7. The van der Waals surface area contributed by atoms with E-state index in [4.69, 9.17) is 19.6 Å². The summed E-state index contributed by atoms with van der Waals surface area (Å²) in [6.45, 7) is 0.907. The van der Waals surface area contributed by atoms with E-state index in [1.54, 1.807) is 67.7 Å². The quantitative estimate of drug-likeness (QED) is 0.542. The van der Waals surface area contributed by atoms with Crippen molar-refractivity contribution >= 4 is 23.5 Å². The monoisotopic (exact) mass is 424 g/mol. The van der Waals surface area contributed by atoms with Crippen molar-refractivity contribution in [3.63, 3.8) is 0 Å². The fourth-order valence-electron chi connectivity index (χ4n) is 2.85. The van der Waals surface area contributed by atoms with Crippen molar-refractivity contribution < 1.29 is 23.5 Å². The van der Waals surface area contributed by atoms with Gasteiger partial charge in [0, 0.05) is 49.1 Å². The smallest absolute Gasteiger partial charge is 0.299 e. The summed E-state index contributed by atoms with van der Waals surface area (Å²) in [6.07, 6.45) is 1.56. The number of ether oxygens (including phenoxy) is 2. The van der Waals surface area contributed by atoms with Gasteiger partial charge in [0.25, 0.3) is 11.9 Å². The van der Waals surface area contributed by atoms with Crippen LogP contribution in [0.25, 0.3) is 11.3 Å². The molecule has 0 aliphatic carbocycles. The van der Waals surface area contributed by atoms with E-state index in [0.717, 1.165) is 5.56 Å². The minimum absolute atomic E-state index is 0.165. The summed E-state index contributed by atoms with van der Waals surface area (Å²) in [5.74, 6) is 0.365. The lowest BCUT2D eigenvalue weighted by Gasteiger charge is -2.17. The van der Waals surface area contributed by atoms with Crippen LogP contribution in [0.3, 0.4) is 0 Å². The lowest BCUT2D eigenvalue weighted by molar-refractivity contribution is 0.0743. The number of hydrogen-bond donors (Lipinski definition) is 2. The Balaban J connectivity index is 1.79. The van der Waals surface area contributed by atoms with E-state index < -0.39 is 5.91 Å². The number of nitrogens with two attached hydrogens (primary N) is 1. The van der Waals surface area contributed by atoms with Crippen molar-refractivity contribution in [1.29, 1.82) is 0 Å². The first-order chi connectivity index (χ1) is 14.9. The largest absolute Gasteiger partial charge is 0.497 e. The molecular weight excluding hydrogens is 400 g/mol. The fourth-order valence-corrected chi connectivity index (χ4v) is 2.85. The standard InChI is InChI=1S/C22H24N4O5/c1-26(8-9-29-2)21(28)16-10-17(12-18(11-16)30-3)25-22-24-13-19(31-22)14-4-6-15(7-5-14)20(23)27/h4-7,10-13H,8-9H2,1-3H3,(H2,23,27)(H,24,25). The average molecular weight is 424 g/mol. The molecule has 1 aromatic heterocycles. The molecule has 3 aromatic rings. The third-order valence-electron chi connectivity index (χ3n) is 4.58. The number of nitrogens with one attached hydrogen (secondary N) is 1. The summed E-state index contributed by atoms with van der Waals surface area (Å²) >= 11 is 0. The molecule has 0 bridgehead atoms. The lowest BCUT2D eigenvalue weighted by atomic mass is 10.1. The van der Waals surface area contributed by atoms with Crippen molar-refractivity contribution in [1.82, 2.24) is 9.88 Å². The molecule has 9 heteroatoms. The minimum atomic E-state index is -0.497. The minimum Gasteiger partial charge on any atom is -0.497 e. The highest BCUT2D eigenvalue weighted by Crippen LogP contribution is 2.27. The molecule has 162 valence electrons. The molecule has 2 aromatic carbocycles. The van der Waals surface area contributed by atoms with Gasteiger partial charge in [0.1, 0.15) is 5.75 Å². The SMILES string of the molecule is COCCN(C)C(=O)c1cc(Nc2ncc(-c3ccc(C(N)=O)cc3)o2)cc(OC)c1. The Kier molecular flexibility index (Phi) is 6.88. The van der Waals surface area contributed by atoms with E-state index in [1.807, 2.05) is 0 Å². The molecule has 2 amide bonds. The number of anilines is 2. The Hall–Kier alpha value is -3.85. The van der Waals surface area contributed by atoms with Gasteiger partial charge < -0.3 is 29.8 Å². The van der Waals surface area contributed by atoms with Crippen LogP contribution in [0, 0.1) is 0 Å². The maximum atomic E-state index is 12.7. The van der Waals surface area contributed by atoms with Crippen molar-refractivity contribution in [2.45, 2.75) is 0 Å². The lowest BCUT2D eigenvalue weighted by Crippen LogP contribution is -2.30. The Morgan fingerprint density at radius 3 is 2.52 bits per heavy atom. The van der Waals surface area contributed by atoms with Gasteiger partial charge in [-0.15, -0.1) is 0 Å². The van der Waals surface area contributed by atoms with Gasteiger partial charge in [-0.3, -0.25) is 9.59 Å². The molecule has 0 aliphatic rings. The van der Waals surface area contributed by atoms with Crippen molar-refractivity contribution in [3.8, 4) is 17.1 Å². The van der Waals surface area contributed by atoms with Crippen LogP contribution in [0.5, 0.6) is 5.75 Å². The van der Waals surface area contributed by atoms with Crippen LogP contribution in [0.15, 0.2) is 53.1 Å². The number of amides is 2. The summed E-state index contributed by atoms with van der Waals surface area (Å²) < 4.78 is 16.1. The van der Waals surface area contributed by atoms with E-state index in [0.29, 0.717) is 41.5 Å². The second kappa shape index (κ2) is 9.77. The highest BCUT2D eigenvalue weighted by Gasteiger charge is 2.15. The zero-order chi connectivity index (χ0) is 22.4. The van der Waals surface area contributed by atoms with Gasteiger partial charge >= 0.3 is 0 Å². The number of primary amides is 1. The van der Waals surface area contributed by atoms with E-state index in [1.165, 1.54) is 7.11 Å². The van der Waals surface area contributed by atoms with E-state index in [2.05, 4.69) is 10.3 Å². The first kappa shape index (κ1) is 21.8. The predicted molar refractivity (Wildman–Crippen MR) is 116 cm³/mol. The van der Waals surface area contributed by atoms with E-state index in [9.17, 15) is 9.59 Å². The van der Waals surface area contributed by atoms with Crippen LogP contribution < -0.4 is 15.8 Å². The topological polar surface area (TPSA) is 120 Å². The number of benzene rings is 2. The molecule has 0 spiro atoms. The Morgan fingerprint density at radius 1 is 1.13 bits per heavy atom. The van der Waals surface area contributed by atoms with Crippen LogP contribution in [0.4, 0.5) is 11.7 Å². The van der Waals surface area contributed by atoms with Crippen molar-refractivity contribution in [2.24, 2.45) is 5.73 Å². The maximum Gasteiger partial charge on any atom is 0.299 e. The second-order valence-electron chi connectivity index (χ2n) is 6.77. The number of nitrogens with zero attached hydrogens (tertiary/aromatic N) is 2. The van der Waals surface area contributed by atoms with Gasteiger partial charge in [-0.05, 0) is 24.3 Å². The fraction of sp³-hybridized carbons (Fsp3) is 0.227. The molecule has 0 saturated carbocycles. The summed E-state index contributed by atoms with van der Waals surface area (Å²) in [5.41, 5.74) is 7.45. The molecule has 31 heavy (non-hydrogen) atoms. The van der Waals surface area contributed by atoms with Gasteiger partial charge in [-0.1, -0.05) is 12.1 Å². The highest BCUT2D eigenvalue weighted by atomic mass is 16.5. The molecule has 0 radical (unpaired) electrons. The number of oxazole rings is 1. The average Bonchev–Trinajstić information content (AvgIpc) is 3.25. The van der Waals surface area contributed by atoms with Crippen LogP contribution >= 0.6 is 0 Å². The van der Waals surface area contributed by atoms with Crippen LogP contribution in [-0.4, -0.2) is 56.1 Å².